The smallest absolute Gasteiger partial charge is 0.307 e. The van der Waals surface area contributed by atoms with Gasteiger partial charge < -0.3 is 5.11 Å². The fourth-order valence-electron chi connectivity index (χ4n) is 2.20. The van der Waals surface area contributed by atoms with Crippen molar-refractivity contribution in [2.75, 3.05) is 0 Å². The van der Waals surface area contributed by atoms with Gasteiger partial charge in [0.15, 0.2) is 0 Å². The SMILES string of the molecule is O=C(O)Cc1ccc(-n2cnc3ccccc3c2=O)cc1. The van der Waals surface area contributed by atoms with Gasteiger partial charge in [-0.1, -0.05) is 24.3 Å². The van der Waals surface area contributed by atoms with Crippen molar-refractivity contribution < 1.29 is 9.90 Å². The first kappa shape index (κ1) is 13.1. The van der Waals surface area contributed by atoms with E-state index in [0.29, 0.717) is 22.2 Å². The lowest BCUT2D eigenvalue weighted by Crippen LogP contribution is -2.18. The molecule has 1 heterocycles. The van der Waals surface area contributed by atoms with Gasteiger partial charge in [0.25, 0.3) is 5.56 Å². The highest BCUT2D eigenvalue weighted by atomic mass is 16.4. The van der Waals surface area contributed by atoms with E-state index < -0.39 is 5.97 Å². The van der Waals surface area contributed by atoms with Crippen molar-refractivity contribution >= 4 is 16.9 Å². The number of aromatic nitrogens is 2. The van der Waals surface area contributed by atoms with E-state index >= 15 is 0 Å². The molecule has 0 bridgehead atoms. The van der Waals surface area contributed by atoms with Crippen LogP contribution in [0.1, 0.15) is 5.56 Å². The summed E-state index contributed by atoms with van der Waals surface area (Å²) in [7, 11) is 0. The summed E-state index contributed by atoms with van der Waals surface area (Å²) in [6.07, 6.45) is 1.45. The number of rotatable bonds is 3. The molecule has 3 aromatic rings. The zero-order valence-electron chi connectivity index (χ0n) is 11.1. The molecule has 0 saturated carbocycles. The molecule has 0 aliphatic heterocycles. The van der Waals surface area contributed by atoms with Gasteiger partial charge in [0.1, 0.15) is 6.33 Å². The first-order valence-electron chi connectivity index (χ1n) is 6.42. The van der Waals surface area contributed by atoms with Crippen molar-refractivity contribution in [1.29, 1.82) is 0 Å². The molecule has 1 aromatic heterocycles. The highest BCUT2D eigenvalue weighted by Crippen LogP contribution is 2.11. The Labute approximate surface area is 120 Å². The molecule has 0 aliphatic rings. The molecule has 2 aromatic carbocycles. The van der Waals surface area contributed by atoms with Crippen LogP contribution in [0.3, 0.4) is 0 Å². The van der Waals surface area contributed by atoms with E-state index in [1.165, 1.54) is 10.9 Å². The van der Waals surface area contributed by atoms with Crippen LogP contribution in [0.15, 0.2) is 59.7 Å². The van der Waals surface area contributed by atoms with Crippen molar-refractivity contribution in [3.05, 3.63) is 70.8 Å². The third-order valence-corrected chi connectivity index (χ3v) is 3.24. The standard InChI is InChI=1S/C16H12N2O3/c19-15(20)9-11-5-7-12(8-6-11)18-10-17-14-4-2-1-3-13(14)16(18)21/h1-8,10H,9H2,(H,19,20). The fourth-order valence-corrected chi connectivity index (χ4v) is 2.20. The summed E-state index contributed by atoms with van der Waals surface area (Å²) in [5, 5.41) is 9.30. The normalized spacial score (nSPS) is 10.7. The van der Waals surface area contributed by atoms with Crippen LogP contribution in [0.4, 0.5) is 0 Å². The molecule has 1 N–H and O–H groups in total. The third kappa shape index (κ3) is 2.53. The van der Waals surface area contributed by atoms with Crippen LogP contribution in [0.25, 0.3) is 16.6 Å². The van der Waals surface area contributed by atoms with Gasteiger partial charge in [0.05, 0.1) is 23.0 Å². The predicted octanol–water partition coefficient (Wildman–Crippen LogP) is 2.01. The maximum absolute atomic E-state index is 12.4. The highest BCUT2D eigenvalue weighted by Gasteiger charge is 2.06. The number of hydrogen-bond acceptors (Lipinski definition) is 3. The van der Waals surface area contributed by atoms with Crippen LogP contribution in [-0.4, -0.2) is 20.6 Å². The van der Waals surface area contributed by atoms with Gasteiger partial charge in [-0.15, -0.1) is 0 Å². The van der Waals surface area contributed by atoms with Crippen LogP contribution in [-0.2, 0) is 11.2 Å². The minimum absolute atomic E-state index is 0.0366. The maximum Gasteiger partial charge on any atom is 0.307 e. The lowest BCUT2D eigenvalue weighted by molar-refractivity contribution is -0.136. The van der Waals surface area contributed by atoms with E-state index in [4.69, 9.17) is 5.11 Å². The zero-order valence-corrected chi connectivity index (χ0v) is 11.1. The second kappa shape index (κ2) is 5.20. The molecule has 0 saturated heterocycles. The quantitative estimate of drug-likeness (QED) is 0.796. The lowest BCUT2D eigenvalue weighted by Gasteiger charge is -2.07. The molecule has 0 fully saturated rings. The van der Waals surface area contributed by atoms with Gasteiger partial charge >= 0.3 is 5.97 Å². The molecular formula is C16H12N2O3. The molecule has 0 spiro atoms. The predicted molar refractivity (Wildman–Crippen MR) is 78.7 cm³/mol. The number of para-hydroxylation sites is 1. The average Bonchev–Trinajstić information content (AvgIpc) is 2.48. The monoisotopic (exact) mass is 280 g/mol. The van der Waals surface area contributed by atoms with Crippen molar-refractivity contribution in [3.8, 4) is 5.69 Å². The number of aliphatic carboxylic acids is 1. The summed E-state index contributed by atoms with van der Waals surface area (Å²) in [5.41, 5.74) is 1.85. The van der Waals surface area contributed by atoms with Crippen LogP contribution >= 0.6 is 0 Å². The van der Waals surface area contributed by atoms with Crippen LogP contribution in [0.5, 0.6) is 0 Å². The Balaban J connectivity index is 2.06. The summed E-state index contributed by atoms with van der Waals surface area (Å²) < 4.78 is 1.45. The second-order valence-electron chi connectivity index (χ2n) is 4.67. The zero-order chi connectivity index (χ0) is 14.8. The topological polar surface area (TPSA) is 72.2 Å². The van der Waals surface area contributed by atoms with Crippen LogP contribution < -0.4 is 5.56 Å². The van der Waals surface area contributed by atoms with Crippen molar-refractivity contribution in [2.24, 2.45) is 0 Å². The van der Waals surface area contributed by atoms with E-state index in [9.17, 15) is 9.59 Å². The van der Waals surface area contributed by atoms with E-state index in [1.807, 2.05) is 6.07 Å². The van der Waals surface area contributed by atoms with Gasteiger partial charge in [0.2, 0.25) is 0 Å². The molecule has 104 valence electrons. The van der Waals surface area contributed by atoms with Crippen molar-refractivity contribution in [2.45, 2.75) is 6.42 Å². The van der Waals surface area contributed by atoms with E-state index in [0.717, 1.165) is 0 Å². The number of hydrogen-bond donors (Lipinski definition) is 1. The Morgan fingerprint density at radius 3 is 2.52 bits per heavy atom. The Hall–Kier alpha value is -2.95. The number of carboxylic acids is 1. The number of nitrogens with zero attached hydrogens (tertiary/aromatic N) is 2. The maximum atomic E-state index is 12.4. The number of benzene rings is 2. The van der Waals surface area contributed by atoms with E-state index in [-0.39, 0.29) is 12.0 Å². The lowest BCUT2D eigenvalue weighted by atomic mass is 10.1. The first-order chi connectivity index (χ1) is 10.1. The minimum Gasteiger partial charge on any atom is -0.481 e. The van der Waals surface area contributed by atoms with E-state index in [1.54, 1.807) is 42.5 Å². The molecule has 5 heteroatoms. The van der Waals surface area contributed by atoms with Crippen LogP contribution in [0.2, 0.25) is 0 Å². The van der Waals surface area contributed by atoms with E-state index in [2.05, 4.69) is 4.98 Å². The molecule has 0 amide bonds. The molecular weight excluding hydrogens is 268 g/mol. The summed E-state index contributed by atoms with van der Waals surface area (Å²) >= 11 is 0. The number of fused-ring (bicyclic) bond motifs is 1. The second-order valence-corrected chi connectivity index (χ2v) is 4.67. The molecule has 0 aliphatic carbocycles. The number of carboxylic acid groups (broad SMARTS) is 1. The van der Waals surface area contributed by atoms with Gasteiger partial charge in [-0.05, 0) is 29.8 Å². The summed E-state index contributed by atoms with van der Waals surface area (Å²) in [6, 6.07) is 14.0. The first-order valence-corrected chi connectivity index (χ1v) is 6.42. The molecule has 21 heavy (non-hydrogen) atoms. The average molecular weight is 280 g/mol. The summed E-state index contributed by atoms with van der Waals surface area (Å²) in [5.74, 6) is -0.882. The van der Waals surface area contributed by atoms with Crippen LogP contribution in [0, 0.1) is 0 Å². The van der Waals surface area contributed by atoms with Crippen molar-refractivity contribution in [3.63, 3.8) is 0 Å². The molecule has 0 unspecified atom stereocenters. The Bertz CT molecular complexity index is 867. The summed E-state index contributed by atoms with van der Waals surface area (Å²) in [6.45, 7) is 0. The fraction of sp³-hybridized carbons (Fsp3) is 0.0625. The van der Waals surface area contributed by atoms with Gasteiger partial charge in [-0.25, -0.2) is 4.98 Å². The third-order valence-electron chi connectivity index (χ3n) is 3.24. The Morgan fingerprint density at radius 2 is 1.81 bits per heavy atom. The molecule has 5 nitrogen and oxygen atoms in total. The highest BCUT2D eigenvalue weighted by molar-refractivity contribution is 5.77. The Morgan fingerprint density at radius 1 is 1.10 bits per heavy atom. The molecule has 0 radical (unpaired) electrons. The summed E-state index contributed by atoms with van der Waals surface area (Å²) in [4.78, 5) is 27.3. The van der Waals surface area contributed by atoms with Gasteiger partial charge in [-0.3, -0.25) is 14.2 Å². The van der Waals surface area contributed by atoms with Gasteiger partial charge in [-0.2, -0.15) is 0 Å². The van der Waals surface area contributed by atoms with Gasteiger partial charge in [0, 0.05) is 0 Å². The van der Waals surface area contributed by atoms with Crippen molar-refractivity contribution in [1.82, 2.24) is 9.55 Å². The molecule has 3 rings (SSSR count). The minimum atomic E-state index is -0.882. The molecule has 0 atom stereocenters. The Kier molecular flexibility index (Phi) is 3.23. The largest absolute Gasteiger partial charge is 0.481 e. The number of carbonyl (C=O) groups is 1.